The molecule has 2 bridgehead atoms. The van der Waals surface area contributed by atoms with Crippen molar-refractivity contribution in [1.82, 2.24) is 14.9 Å². The van der Waals surface area contributed by atoms with Crippen molar-refractivity contribution >= 4 is 0 Å². The maximum Gasteiger partial charge on any atom is 0.125 e. The van der Waals surface area contributed by atoms with Gasteiger partial charge < -0.3 is 0 Å². The maximum absolute atomic E-state index is 13.4. The molecular formula is C17H18FN3. The number of rotatable bonds is 2. The van der Waals surface area contributed by atoms with Crippen LogP contribution in [-0.4, -0.2) is 20.9 Å². The molecule has 0 amide bonds. The number of nitrogens with zero attached hydrogens (tertiary/aromatic N) is 3. The van der Waals surface area contributed by atoms with Gasteiger partial charge in [0, 0.05) is 36.8 Å². The lowest BCUT2D eigenvalue weighted by Crippen LogP contribution is -2.37. The fourth-order valence-electron chi connectivity index (χ4n) is 3.77. The van der Waals surface area contributed by atoms with Crippen LogP contribution in [0.1, 0.15) is 41.5 Å². The average Bonchev–Trinajstić information content (AvgIpc) is 2.73. The molecule has 4 heteroatoms. The van der Waals surface area contributed by atoms with Crippen molar-refractivity contribution in [2.24, 2.45) is 0 Å². The van der Waals surface area contributed by atoms with E-state index in [1.165, 1.54) is 23.7 Å². The molecule has 21 heavy (non-hydrogen) atoms. The van der Waals surface area contributed by atoms with Gasteiger partial charge in [-0.15, -0.1) is 0 Å². The Morgan fingerprint density at radius 2 is 2.24 bits per heavy atom. The van der Waals surface area contributed by atoms with Gasteiger partial charge >= 0.3 is 0 Å². The number of aryl methyl sites for hydroxylation is 1. The minimum absolute atomic E-state index is 0.156. The molecule has 0 saturated carbocycles. The Morgan fingerprint density at radius 1 is 1.33 bits per heavy atom. The summed E-state index contributed by atoms with van der Waals surface area (Å²) >= 11 is 0. The molecule has 3 nitrogen and oxygen atoms in total. The summed E-state index contributed by atoms with van der Waals surface area (Å²) in [6.45, 7) is 2.75. The summed E-state index contributed by atoms with van der Waals surface area (Å²) in [6.07, 6.45) is 5.32. The molecule has 2 aliphatic rings. The first-order chi connectivity index (χ1) is 10.2. The molecule has 0 N–H and O–H groups in total. The standard InChI is InChI=1S/C17H18FN3/c1-11-19-9-15-16(20-11)8-14-5-6-17(15)21(14)10-12-3-2-4-13(18)7-12/h2-4,7,9,14,17H,5-6,8,10H2,1H3. The highest BCUT2D eigenvalue weighted by Crippen LogP contribution is 2.43. The maximum atomic E-state index is 13.4. The van der Waals surface area contributed by atoms with Gasteiger partial charge in [0.25, 0.3) is 0 Å². The molecule has 1 aromatic heterocycles. The second-order valence-corrected chi connectivity index (χ2v) is 6.07. The van der Waals surface area contributed by atoms with Crippen molar-refractivity contribution in [2.75, 3.05) is 0 Å². The number of fused-ring (bicyclic) bond motifs is 4. The van der Waals surface area contributed by atoms with E-state index < -0.39 is 0 Å². The monoisotopic (exact) mass is 283 g/mol. The van der Waals surface area contributed by atoms with Gasteiger partial charge in [0.15, 0.2) is 0 Å². The summed E-state index contributed by atoms with van der Waals surface area (Å²) in [5, 5.41) is 0. The molecule has 1 saturated heterocycles. The van der Waals surface area contributed by atoms with Gasteiger partial charge in [0.05, 0.1) is 5.69 Å². The zero-order chi connectivity index (χ0) is 14.4. The highest BCUT2D eigenvalue weighted by atomic mass is 19.1. The molecule has 0 aliphatic carbocycles. The van der Waals surface area contributed by atoms with Gasteiger partial charge in [-0.25, -0.2) is 14.4 Å². The SMILES string of the molecule is Cc1ncc2c(n1)CC1CCC2N1Cc1cccc(F)c1. The van der Waals surface area contributed by atoms with Crippen LogP contribution in [0.5, 0.6) is 0 Å². The number of halogens is 1. The lowest BCUT2D eigenvalue weighted by molar-refractivity contribution is 0.166. The van der Waals surface area contributed by atoms with Crippen LogP contribution in [0, 0.1) is 12.7 Å². The molecule has 0 radical (unpaired) electrons. The van der Waals surface area contributed by atoms with Crippen molar-refractivity contribution in [3.8, 4) is 0 Å². The summed E-state index contributed by atoms with van der Waals surface area (Å²) in [6, 6.07) is 7.85. The smallest absolute Gasteiger partial charge is 0.125 e. The fraction of sp³-hybridized carbons (Fsp3) is 0.412. The quantitative estimate of drug-likeness (QED) is 0.847. The Bertz CT molecular complexity index is 685. The third kappa shape index (κ3) is 2.23. The highest BCUT2D eigenvalue weighted by molar-refractivity contribution is 5.29. The van der Waals surface area contributed by atoms with Crippen molar-refractivity contribution in [1.29, 1.82) is 0 Å². The largest absolute Gasteiger partial charge is 0.289 e. The van der Waals surface area contributed by atoms with Gasteiger partial charge in [-0.1, -0.05) is 12.1 Å². The van der Waals surface area contributed by atoms with Gasteiger partial charge in [-0.2, -0.15) is 0 Å². The van der Waals surface area contributed by atoms with Crippen molar-refractivity contribution in [2.45, 2.75) is 44.8 Å². The minimum atomic E-state index is -0.156. The van der Waals surface area contributed by atoms with E-state index >= 15 is 0 Å². The van der Waals surface area contributed by atoms with Crippen LogP contribution in [-0.2, 0) is 13.0 Å². The molecule has 2 aromatic rings. The predicted octanol–water partition coefficient (Wildman–Crippen LogP) is 3.19. The molecule has 2 atom stereocenters. The van der Waals surface area contributed by atoms with E-state index in [0.29, 0.717) is 12.1 Å². The van der Waals surface area contributed by atoms with E-state index in [4.69, 9.17) is 0 Å². The molecular weight excluding hydrogens is 265 g/mol. The van der Waals surface area contributed by atoms with Crippen LogP contribution in [0.2, 0.25) is 0 Å². The third-order valence-corrected chi connectivity index (χ3v) is 4.71. The number of aromatic nitrogens is 2. The van der Waals surface area contributed by atoms with Gasteiger partial charge in [0.2, 0.25) is 0 Å². The molecule has 3 heterocycles. The van der Waals surface area contributed by atoms with Gasteiger partial charge in [0.1, 0.15) is 11.6 Å². The van der Waals surface area contributed by atoms with Crippen LogP contribution >= 0.6 is 0 Å². The van der Waals surface area contributed by atoms with Crippen LogP contribution in [0.15, 0.2) is 30.5 Å². The molecule has 1 fully saturated rings. The summed E-state index contributed by atoms with van der Waals surface area (Å²) < 4.78 is 13.4. The Balaban J connectivity index is 1.65. The topological polar surface area (TPSA) is 29.0 Å². The Kier molecular flexibility index (Phi) is 3.00. The Labute approximate surface area is 123 Å². The van der Waals surface area contributed by atoms with Gasteiger partial charge in [-0.3, -0.25) is 4.90 Å². The van der Waals surface area contributed by atoms with Crippen LogP contribution in [0.3, 0.4) is 0 Å². The first-order valence-electron chi connectivity index (χ1n) is 7.53. The molecule has 2 aliphatic heterocycles. The zero-order valence-electron chi connectivity index (χ0n) is 12.1. The van der Waals surface area contributed by atoms with E-state index in [0.717, 1.165) is 30.8 Å². The van der Waals surface area contributed by atoms with Crippen molar-refractivity contribution in [3.63, 3.8) is 0 Å². The van der Waals surface area contributed by atoms with E-state index in [1.807, 2.05) is 19.2 Å². The molecule has 108 valence electrons. The molecule has 2 unspecified atom stereocenters. The van der Waals surface area contributed by atoms with Crippen LogP contribution in [0.25, 0.3) is 0 Å². The summed E-state index contributed by atoms with van der Waals surface area (Å²) in [5.41, 5.74) is 3.53. The van der Waals surface area contributed by atoms with E-state index in [9.17, 15) is 4.39 Å². The van der Waals surface area contributed by atoms with E-state index in [-0.39, 0.29) is 5.82 Å². The average molecular weight is 283 g/mol. The van der Waals surface area contributed by atoms with Crippen molar-refractivity contribution in [3.05, 3.63) is 58.9 Å². The second kappa shape index (κ2) is 4.88. The predicted molar refractivity (Wildman–Crippen MR) is 78.2 cm³/mol. The number of hydrogen-bond donors (Lipinski definition) is 0. The number of benzene rings is 1. The summed E-state index contributed by atoms with van der Waals surface area (Å²) in [4.78, 5) is 11.5. The Hall–Kier alpha value is -1.81. The van der Waals surface area contributed by atoms with Crippen molar-refractivity contribution < 1.29 is 4.39 Å². The fourth-order valence-corrected chi connectivity index (χ4v) is 3.77. The van der Waals surface area contributed by atoms with E-state index in [1.54, 1.807) is 12.1 Å². The zero-order valence-corrected chi connectivity index (χ0v) is 12.1. The first-order valence-corrected chi connectivity index (χ1v) is 7.53. The second-order valence-electron chi connectivity index (χ2n) is 6.07. The lowest BCUT2D eigenvalue weighted by atomic mass is 9.98. The summed E-state index contributed by atoms with van der Waals surface area (Å²) in [5.74, 6) is 0.697. The Morgan fingerprint density at radius 3 is 3.10 bits per heavy atom. The van der Waals surface area contributed by atoms with E-state index in [2.05, 4.69) is 14.9 Å². The van der Waals surface area contributed by atoms with Gasteiger partial charge in [-0.05, 0) is 37.5 Å². The molecule has 4 rings (SSSR count). The highest BCUT2D eigenvalue weighted by Gasteiger charge is 2.40. The summed E-state index contributed by atoms with van der Waals surface area (Å²) in [7, 11) is 0. The van der Waals surface area contributed by atoms with Crippen LogP contribution < -0.4 is 0 Å². The first kappa shape index (κ1) is 12.9. The number of hydrogen-bond acceptors (Lipinski definition) is 3. The third-order valence-electron chi connectivity index (χ3n) is 4.71. The molecule has 1 aromatic carbocycles. The van der Waals surface area contributed by atoms with Crippen LogP contribution in [0.4, 0.5) is 4.39 Å². The minimum Gasteiger partial charge on any atom is -0.289 e. The lowest BCUT2D eigenvalue weighted by Gasteiger charge is -2.35. The normalized spacial score (nSPS) is 24.1. The molecule has 0 spiro atoms.